The second-order valence-electron chi connectivity index (χ2n) is 4.31. The van der Waals surface area contributed by atoms with Gasteiger partial charge in [0, 0.05) is 0 Å². The van der Waals surface area contributed by atoms with E-state index in [9.17, 15) is 9.59 Å². The fourth-order valence-electron chi connectivity index (χ4n) is 2.35. The van der Waals surface area contributed by atoms with Crippen molar-refractivity contribution < 1.29 is 19.1 Å². The Kier molecular flexibility index (Phi) is 4.10. The van der Waals surface area contributed by atoms with Gasteiger partial charge in [-0.25, -0.2) is 4.79 Å². The van der Waals surface area contributed by atoms with Gasteiger partial charge in [0.1, 0.15) is 5.75 Å². The second kappa shape index (κ2) is 5.61. The van der Waals surface area contributed by atoms with Crippen LogP contribution >= 0.6 is 11.6 Å². The van der Waals surface area contributed by atoms with Crippen molar-refractivity contribution in [1.82, 2.24) is 0 Å². The predicted octanol–water partition coefficient (Wildman–Crippen LogP) is 2.58. The number of methoxy groups -OCH3 is 1. The van der Waals surface area contributed by atoms with Crippen molar-refractivity contribution in [3.05, 3.63) is 27.8 Å². The first kappa shape index (κ1) is 13.9. The average molecular weight is 283 g/mol. The van der Waals surface area contributed by atoms with Crippen LogP contribution in [0.2, 0.25) is 5.02 Å². The summed E-state index contributed by atoms with van der Waals surface area (Å²) in [5.74, 6) is -1.33. The Hall–Kier alpha value is -1.55. The summed E-state index contributed by atoms with van der Waals surface area (Å²) in [4.78, 5) is 23.6. The summed E-state index contributed by atoms with van der Waals surface area (Å²) in [6.45, 7) is 1.81. The quantitative estimate of drug-likeness (QED) is 0.484. The average Bonchev–Trinajstić information content (AvgIpc) is 2.86. The van der Waals surface area contributed by atoms with Crippen molar-refractivity contribution in [1.29, 1.82) is 0 Å². The molecule has 0 heterocycles. The van der Waals surface area contributed by atoms with E-state index in [1.165, 1.54) is 7.11 Å². The number of ketones is 1. The fourth-order valence-corrected chi connectivity index (χ4v) is 2.74. The highest BCUT2D eigenvalue weighted by Gasteiger charge is 2.28. The number of ether oxygens (including phenoxy) is 2. The lowest BCUT2D eigenvalue weighted by Gasteiger charge is -2.13. The van der Waals surface area contributed by atoms with E-state index >= 15 is 0 Å². The standard InChI is InChI=1S/C14H15ClO4/c1-3-19-14(17)12(16)10-7-8-5-4-6-9(8)11(15)13(10)18-2/h7H,3-6H2,1-2H3. The van der Waals surface area contributed by atoms with Gasteiger partial charge >= 0.3 is 5.97 Å². The predicted molar refractivity (Wildman–Crippen MR) is 71.0 cm³/mol. The monoisotopic (exact) mass is 282 g/mol. The van der Waals surface area contributed by atoms with Gasteiger partial charge in [-0.2, -0.15) is 0 Å². The van der Waals surface area contributed by atoms with E-state index in [0.29, 0.717) is 5.02 Å². The number of halogens is 1. The van der Waals surface area contributed by atoms with Crippen LogP contribution in [0, 0.1) is 0 Å². The topological polar surface area (TPSA) is 52.6 Å². The Morgan fingerprint density at radius 1 is 1.37 bits per heavy atom. The molecule has 19 heavy (non-hydrogen) atoms. The van der Waals surface area contributed by atoms with Crippen molar-refractivity contribution in [3.8, 4) is 5.75 Å². The molecule has 1 aliphatic rings. The van der Waals surface area contributed by atoms with Crippen LogP contribution in [0.15, 0.2) is 6.07 Å². The molecule has 0 radical (unpaired) electrons. The van der Waals surface area contributed by atoms with Crippen molar-refractivity contribution in [2.24, 2.45) is 0 Å². The summed E-state index contributed by atoms with van der Waals surface area (Å²) in [6, 6.07) is 1.70. The summed E-state index contributed by atoms with van der Waals surface area (Å²) >= 11 is 6.26. The smallest absolute Gasteiger partial charge is 0.379 e. The lowest BCUT2D eigenvalue weighted by molar-refractivity contribution is -0.137. The zero-order chi connectivity index (χ0) is 14.0. The zero-order valence-corrected chi connectivity index (χ0v) is 11.7. The Morgan fingerprint density at radius 2 is 2.11 bits per heavy atom. The van der Waals surface area contributed by atoms with Crippen LogP contribution in [0.5, 0.6) is 5.75 Å². The van der Waals surface area contributed by atoms with Crippen LogP contribution in [0.4, 0.5) is 0 Å². The molecule has 2 rings (SSSR count). The lowest BCUT2D eigenvalue weighted by atomic mass is 10.0. The molecule has 0 aromatic heterocycles. The number of carbonyl (C=O) groups excluding carboxylic acids is 2. The first-order valence-electron chi connectivity index (χ1n) is 6.19. The summed E-state index contributed by atoms with van der Waals surface area (Å²) in [6.07, 6.45) is 2.73. The molecule has 0 saturated carbocycles. The number of esters is 1. The zero-order valence-electron chi connectivity index (χ0n) is 10.9. The van der Waals surface area contributed by atoms with E-state index in [-0.39, 0.29) is 17.9 Å². The molecule has 5 heteroatoms. The second-order valence-corrected chi connectivity index (χ2v) is 4.69. The van der Waals surface area contributed by atoms with Gasteiger partial charge in [0.15, 0.2) is 0 Å². The Labute approximate surface area is 116 Å². The maximum atomic E-state index is 12.1. The first-order chi connectivity index (χ1) is 9.10. The minimum Gasteiger partial charge on any atom is -0.494 e. The molecule has 0 bridgehead atoms. The molecule has 0 N–H and O–H groups in total. The molecule has 1 aromatic carbocycles. The highest BCUT2D eigenvalue weighted by atomic mass is 35.5. The normalized spacial score (nSPS) is 13.0. The SMILES string of the molecule is CCOC(=O)C(=O)c1cc2c(c(Cl)c1OC)CCC2. The van der Waals surface area contributed by atoms with Crippen LogP contribution in [0.25, 0.3) is 0 Å². The van der Waals surface area contributed by atoms with Crippen LogP contribution < -0.4 is 4.74 Å². The van der Waals surface area contributed by atoms with Gasteiger partial charge in [-0.1, -0.05) is 11.6 Å². The first-order valence-corrected chi connectivity index (χ1v) is 6.57. The lowest BCUT2D eigenvalue weighted by Crippen LogP contribution is -2.19. The van der Waals surface area contributed by atoms with Gasteiger partial charge in [0.05, 0.1) is 24.3 Å². The van der Waals surface area contributed by atoms with E-state index in [2.05, 4.69) is 0 Å². The number of Topliss-reactive ketones (excluding diaryl/α,β-unsaturated/α-hetero) is 1. The van der Waals surface area contributed by atoms with Crippen molar-refractivity contribution in [2.45, 2.75) is 26.2 Å². The molecular formula is C14H15ClO4. The molecule has 4 nitrogen and oxygen atoms in total. The Bertz CT molecular complexity index is 537. The number of aryl methyl sites for hydroxylation is 1. The number of hydrogen-bond donors (Lipinski definition) is 0. The maximum absolute atomic E-state index is 12.1. The number of rotatable bonds is 4. The number of hydrogen-bond acceptors (Lipinski definition) is 4. The van der Waals surface area contributed by atoms with Gasteiger partial charge in [-0.15, -0.1) is 0 Å². The molecule has 102 valence electrons. The Balaban J connectivity index is 2.48. The van der Waals surface area contributed by atoms with E-state index in [4.69, 9.17) is 21.1 Å². The van der Waals surface area contributed by atoms with Crippen LogP contribution in [-0.2, 0) is 22.4 Å². The largest absolute Gasteiger partial charge is 0.494 e. The van der Waals surface area contributed by atoms with Crippen LogP contribution in [0.3, 0.4) is 0 Å². The van der Waals surface area contributed by atoms with Crippen molar-refractivity contribution >= 4 is 23.4 Å². The number of benzene rings is 1. The van der Waals surface area contributed by atoms with Gasteiger partial charge in [0.2, 0.25) is 0 Å². The number of carbonyl (C=O) groups is 2. The van der Waals surface area contributed by atoms with Gasteiger partial charge < -0.3 is 9.47 Å². The van der Waals surface area contributed by atoms with Gasteiger partial charge in [-0.05, 0) is 43.4 Å². The molecule has 1 aromatic rings. The van der Waals surface area contributed by atoms with E-state index in [1.54, 1.807) is 13.0 Å². The Morgan fingerprint density at radius 3 is 2.74 bits per heavy atom. The van der Waals surface area contributed by atoms with E-state index in [0.717, 1.165) is 30.4 Å². The molecule has 0 spiro atoms. The minimum atomic E-state index is -0.880. The minimum absolute atomic E-state index is 0.158. The van der Waals surface area contributed by atoms with E-state index in [1.807, 2.05) is 0 Å². The molecule has 0 amide bonds. The highest BCUT2D eigenvalue weighted by molar-refractivity contribution is 6.42. The summed E-state index contributed by atoms with van der Waals surface area (Å²) in [7, 11) is 1.44. The maximum Gasteiger partial charge on any atom is 0.379 e. The molecule has 0 fully saturated rings. The molecule has 1 aliphatic carbocycles. The summed E-state index contributed by atoms with van der Waals surface area (Å²) in [5.41, 5.74) is 2.21. The molecule has 0 saturated heterocycles. The summed E-state index contributed by atoms with van der Waals surface area (Å²) < 4.78 is 9.92. The molecule has 0 aliphatic heterocycles. The van der Waals surface area contributed by atoms with E-state index < -0.39 is 11.8 Å². The third-order valence-electron chi connectivity index (χ3n) is 3.20. The van der Waals surface area contributed by atoms with Crippen molar-refractivity contribution in [3.63, 3.8) is 0 Å². The van der Waals surface area contributed by atoms with Crippen molar-refractivity contribution in [2.75, 3.05) is 13.7 Å². The van der Waals surface area contributed by atoms with Crippen LogP contribution in [-0.4, -0.2) is 25.5 Å². The van der Waals surface area contributed by atoms with Gasteiger partial charge in [-0.3, -0.25) is 4.79 Å². The van der Waals surface area contributed by atoms with Gasteiger partial charge in [0.25, 0.3) is 5.78 Å². The molecule has 0 atom stereocenters. The fraction of sp³-hybridized carbons (Fsp3) is 0.429. The van der Waals surface area contributed by atoms with Crippen LogP contribution in [0.1, 0.15) is 34.8 Å². The third kappa shape index (κ3) is 2.45. The highest BCUT2D eigenvalue weighted by Crippen LogP contribution is 2.39. The number of fused-ring (bicyclic) bond motifs is 1. The summed E-state index contributed by atoms with van der Waals surface area (Å²) in [5, 5.41) is 0.435. The third-order valence-corrected chi connectivity index (χ3v) is 3.60. The molecular weight excluding hydrogens is 268 g/mol. The molecule has 0 unspecified atom stereocenters.